The summed E-state index contributed by atoms with van der Waals surface area (Å²) in [6.07, 6.45) is 2.54. The van der Waals surface area contributed by atoms with Crippen LogP contribution < -0.4 is 5.73 Å². The summed E-state index contributed by atoms with van der Waals surface area (Å²) in [7, 11) is 0. The van der Waals surface area contributed by atoms with Crippen molar-refractivity contribution in [3.8, 4) is 0 Å². The lowest BCUT2D eigenvalue weighted by Crippen LogP contribution is -2.41. The van der Waals surface area contributed by atoms with Crippen molar-refractivity contribution >= 4 is 5.69 Å². The third-order valence-electron chi connectivity index (χ3n) is 3.95. The molecule has 1 aliphatic rings. The Labute approximate surface area is 103 Å². The quantitative estimate of drug-likeness (QED) is 0.800. The molecular formula is C14H21FN2. The number of hydrogen-bond donors (Lipinski definition) is 1. The zero-order valence-electron chi connectivity index (χ0n) is 10.6. The Morgan fingerprint density at radius 3 is 2.88 bits per heavy atom. The first-order valence-corrected chi connectivity index (χ1v) is 6.36. The van der Waals surface area contributed by atoms with Gasteiger partial charge >= 0.3 is 0 Å². The molecule has 0 saturated carbocycles. The van der Waals surface area contributed by atoms with Crippen molar-refractivity contribution in [2.24, 2.45) is 5.92 Å². The van der Waals surface area contributed by atoms with Crippen molar-refractivity contribution in [1.82, 2.24) is 4.90 Å². The summed E-state index contributed by atoms with van der Waals surface area (Å²) < 4.78 is 13.4. The zero-order valence-corrected chi connectivity index (χ0v) is 10.6. The minimum absolute atomic E-state index is 0.230. The van der Waals surface area contributed by atoms with Gasteiger partial charge < -0.3 is 5.73 Å². The summed E-state index contributed by atoms with van der Waals surface area (Å²) in [5, 5.41) is 0. The number of nitrogens with two attached hydrogens (primary N) is 1. The lowest BCUT2D eigenvalue weighted by Gasteiger charge is -2.38. The van der Waals surface area contributed by atoms with Crippen LogP contribution in [0.15, 0.2) is 18.2 Å². The molecule has 1 aromatic rings. The maximum absolute atomic E-state index is 13.4. The Hall–Kier alpha value is -1.09. The van der Waals surface area contributed by atoms with Crippen molar-refractivity contribution in [2.45, 2.75) is 39.3 Å². The van der Waals surface area contributed by atoms with Crippen LogP contribution in [0.2, 0.25) is 0 Å². The zero-order chi connectivity index (χ0) is 12.4. The molecule has 2 unspecified atom stereocenters. The average molecular weight is 236 g/mol. The number of benzene rings is 1. The standard InChI is InChI=1S/C14H21FN2/c1-10-4-3-7-17(11(10)2)9-12-5-6-14(16)13(15)8-12/h5-6,8,10-11H,3-4,7,9,16H2,1-2H3. The van der Waals surface area contributed by atoms with Crippen LogP contribution in [0.25, 0.3) is 0 Å². The molecule has 1 heterocycles. The number of hydrogen-bond acceptors (Lipinski definition) is 2. The van der Waals surface area contributed by atoms with E-state index in [-0.39, 0.29) is 11.5 Å². The smallest absolute Gasteiger partial charge is 0.146 e. The Morgan fingerprint density at radius 1 is 1.41 bits per heavy atom. The minimum Gasteiger partial charge on any atom is -0.396 e. The lowest BCUT2D eigenvalue weighted by molar-refractivity contribution is 0.106. The monoisotopic (exact) mass is 236 g/mol. The maximum atomic E-state index is 13.4. The molecule has 94 valence electrons. The van der Waals surface area contributed by atoms with Gasteiger partial charge in [-0.15, -0.1) is 0 Å². The first-order valence-electron chi connectivity index (χ1n) is 6.36. The molecule has 0 bridgehead atoms. The van der Waals surface area contributed by atoms with E-state index in [0.29, 0.717) is 6.04 Å². The molecule has 3 heteroatoms. The predicted octanol–water partition coefficient (Wildman–Crippen LogP) is 3.03. The Balaban J connectivity index is 2.07. The van der Waals surface area contributed by atoms with Gasteiger partial charge in [0.15, 0.2) is 0 Å². The van der Waals surface area contributed by atoms with E-state index in [4.69, 9.17) is 5.73 Å². The SMILES string of the molecule is CC1CCCN(Cc2ccc(N)c(F)c2)C1C. The van der Waals surface area contributed by atoms with Gasteiger partial charge in [0.05, 0.1) is 5.69 Å². The molecule has 2 nitrogen and oxygen atoms in total. The fraction of sp³-hybridized carbons (Fsp3) is 0.571. The highest BCUT2D eigenvalue weighted by molar-refractivity contribution is 5.41. The maximum Gasteiger partial charge on any atom is 0.146 e. The number of piperidine rings is 1. The van der Waals surface area contributed by atoms with Gasteiger partial charge in [-0.1, -0.05) is 13.0 Å². The van der Waals surface area contributed by atoms with E-state index < -0.39 is 0 Å². The highest BCUT2D eigenvalue weighted by Gasteiger charge is 2.24. The molecule has 2 N–H and O–H groups in total. The molecule has 0 aliphatic carbocycles. The van der Waals surface area contributed by atoms with Crippen LogP contribution in [0.1, 0.15) is 32.3 Å². The molecule has 1 fully saturated rings. The third kappa shape index (κ3) is 2.78. The molecule has 2 rings (SSSR count). The third-order valence-corrected chi connectivity index (χ3v) is 3.95. The summed E-state index contributed by atoms with van der Waals surface area (Å²) in [4.78, 5) is 2.43. The summed E-state index contributed by atoms with van der Waals surface area (Å²) >= 11 is 0. The van der Waals surface area contributed by atoms with Gasteiger partial charge in [-0.05, 0) is 49.9 Å². The van der Waals surface area contributed by atoms with Crippen molar-refractivity contribution in [1.29, 1.82) is 0 Å². The Kier molecular flexibility index (Phi) is 3.67. The van der Waals surface area contributed by atoms with E-state index in [9.17, 15) is 4.39 Å². The fourth-order valence-electron chi connectivity index (χ4n) is 2.55. The normalized spacial score (nSPS) is 26.1. The van der Waals surface area contributed by atoms with E-state index in [0.717, 1.165) is 24.6 Å². The summed E-state index contributed by atoms with van der Waals surface area (Å²) in [6.45, 7) is 6.48. The van der Waals surface area contributed by atoms with Gasteiger partial charge in [0.1, 0.15) is 5.82 Å². The number of rotatable bonds is 2. The highest BCUT2D eigenvalue weighted by Crippen LogP contribution is 2.25. The van der Waals surface area contributed by atoms with Gasteiger partial charge in [0.25, 0.3) is 0 Å². The number of nitrogen functional groups attached to an aromatic ring is 1. The molecule has 0 amide bonds. The van der Waals surface area contributed by atoms with Crippen LogP contribution in [0, 0.1) is 11.7 Å². The molecule has 0 radical (unpaired) electrons. The van der Waals surface area contributed by atoms with Crippen molar-refractivity contribution in [3.05, 3.63) is 29.6 Å². The van der Waals surface area contributed by atoms with Gasteiger partial charge in [-0.2, -0.15) is 0 Å². The second-order valence-corrected chi connectivity index (χ2v) is 5.19. The second-order valence-electron chi connectivity index (χ2n) is 5.19. The van der Waals surface area contributed by atoms with Crippen LogP contribution >= 0.6 is 0 Å². The van der Waals surface area contributed by atoms with Gasteiger partial charge in [0, 0.05) is 12.6 Å². The Bertz CT molecular complexity index is 392. The lowest BCUT2D eigenvalue weighted by atomic mass is 9.92. The van der Waals surface area contributed by atoms with E-state index >= 15 is 0 Å². The second kappa shape index (κ2) is 5.05. The molecule has 2 atom stereocenters. The number of anilines is 1. The van der Waals surface area contributed by atoms with E-state index in [1.165, 1.54) is 12.8 Å². The molecule has 0 spiro atoms. The molecule has 0 aromatic heterocycles. The molecular weight excluding hydrogens is 215 g/mol. The fourth-order valence-corrected chi connectivity index (χ4v) is 2.55. The number of likely N-dealkylation sites (tertiary alicyclic amines) is 1. The van der Waals surface area contributed by atoms with Crippen LogP contribution in [0.4, 0.5) is 10.1 Å². The van der Waals surface area contributed by atoms with Crippen LogP contribution in [-0.2, 0) is 6.54 Å². The van der Waals surface area contributed by atoms with Gasteiger partial charge in [-0.3, -0.25) is 4.90 Å². The van der Waals surface area contributed by atoms with Crippen molar-refractivity contribution < 1.29 is 4.39 Å². The minimum atomic E-state index is -0.305. The molecule has 1 aliphatic heterocycles. The van der Waals surface area contributed by atoms with E-state index in [2.05, 4.69) is 18.7 Å². The van der Waals surface area contributed by atoms with Crippen LogP contribution in [0.5, 0.6) is 0 Å². The van der Waals surface area contributed by atoms with Crippen molar-refractivity contribution in [2.75, 3.05) is 12.3 Å². The number of halogens is 1. The highest BCUT2D eigenvalue weighted by atomic mass is 19.1. The van der Waals surface area contributed by atoms with E-state index in [1.54, 1.807) is 12.1 Å². The average Bonchev–Trinajstić information content (AvgIpc) is 2.30. The summed E-state index contributed by atoms with van der Waals surface area (Å²) in [5.41, 5.74) is 6.72. The van der Waals surface area contributed by atoms with Gasteiger partial charge in [0.2, 0.25) is 0 Å². The van der Waals surface area contributed by atoms with Crippen LogP contribution in [-0.4, -0.2) is 17.5 Å². The van der Waals surface area contributed by atoms with Crippen LogP contribution in [0.3, 0.4) is 0 Å². The topological polar surface area (TPSA) is 29.3 Å². The Morgan fingerprint density at radius 2 is 2.18 bits per heavy atom. The first-order chi connectivity index (χ1) is 8.08. The van der Waals surface area contributed by atoms with E-state index in [1.807, 2.05) is 6.07 Å². The summed E-state index contributed by atoms with van der Waals surface area (Å²) in [5.74, 6) is 0.419. The van der Waals surface area contributed by atoms with Crippen molar-refractivity contribution in [3.63, 3.8) is 0 Å². The molecule has 1 saturated heterocycles. The molecule has 1 aromatic carbocycles. The predicted molar refractivity (Wildman–Crippen MR) is 69.1 cm³/mol. The van der Waals surface area contributed by atoms with Gasteiger partial charge in [-0.25, -0.2) is 4.39 Å². The molecule has 17 heavy (non-hydrogen) atoms. The largest absolute Gasteiger partial charge is 0.396 e. The summed E-state index contributed by atoms with van der Waals surface area (Å²) in [6, 6.07) is 5.71. The number of nitrogens with zero attached hydrogens (tertiary/aromatic N) is 1. The first kappa shape index (κ1) is 12.4.